The van der Waals surface area contributed by atoms with Gasteiger partial charge in [-0.05, 0) is 31.0 Å². The van der Waals surface area contributed by atoms with E-state index >= 15 is 0 Å². The van der Waals surface area contributed by atoms with Crippen molar-refractivity contribution < 1.29 is 18.3 Å². The Hall–Kier alpha value is -1.49. The molecule has 0 unspecified atom stereocenters. The lowest BCUT2D eigenvalue weighted by atomic mass is 9.97. The second kappa shape index (κ2) is 4.02. The molecule has 0 bridgehead atoms. The maximum absolute atomic E-state index is 13.1. The number of likely N-dealkylation sites (tertiary alicyclic amines) is 1. The van der Waals surface area contributed by atoms with Crippen molar-refractivity contribution in [3.8, 4) is 0 Å². The second-order valence-electron chi connectivity index (χ2n) is 4.89. The highest BCUT2D eigenvalue weighted by atomic mass is 19.2. The highest BCUT2D eigenvalue weighted by molar-refractivity contribution is 5.94. The van der Waals surface area contributed by atoms with Crippen LogP contribution in [-0.4, -0.2) is 36.1 Å². The predicted molar refractivity (Wildman–Crippen MR) is 60.2 cm³/mol. The minimum Gasteiger partial charge on any atom is -0.369 e. The lowest BCUT2D eigenvalue weighted by Gasteiger charge is -2.30. The van der Waals surface area contributed by atoms with Gasteiger partial charge in [0.05, 0.1) is 12.2 Å². The summed E-state index contributed by atoms with van der Waals surface area (Å²) in [5.41, 5.74) is 0.201. The van der Waals surface area contributed by atoms with Gasteiger partial charge in [-0.15, -0.1) is 0 Å². The van der Waals surface area contributed by atoms with E-state index in [9.17, 15) is 13.6 Å². The number of halogens is 2. The minimum atomic E-state index is -0.986. The summed E-state index contributed by atoms with van der Waals surface area (Å²) in [7, 11) is 0. The number of carbonyl (C=O) groups is 1. The molecule has 0 aromatic heterocycles. The van der Waals surface area contributed by atoms with Gasteiger partial charge in [-0.2, -0.15) is 0 Å². The van der Waals surface area contributed by atoms with Gasteiger partial charge in [0.25, 0.3) is 5.91 Å². The van der Waals surface area contributed by atoms with E-state index in [2.05, 4.69) is 0 Å². The van der Waals surface area contributed by atoms with Crippen LogP contribution in [0.5, 0.6) is 0 Å². The molecule has 3 nitrogen and oxygen atoms in total. The first kappa shape index (κ1) is 11.6. The largest absolute Gasteiger partial charge is 0.369 e. The van der Waals surface area contributed by atoms with E-state index in [1.165, 1.54) is 6.07 Å². The summed E-state index contributed by atoms with van der Waals surface area (Å²) in [6.07, 6.45) is 1.64. The van der Waals surface area contributed by atoms with Crippen molar-refractivity contribution in [1.29, 1.82) is 0 Å². The lowest BCUT2D eigenvalue weighted by Crippen LogP contribution is -2.41. The van der Waals surface area contributed by atoms with Gasteiger partial charge in [-0.1, -0.05) is 0 Å². The van der Waals surface area contributed by atoms with Crippen LogP contribution in [0.2, 0.25) is 0 Å². The van der Waals surface area contributed by atoms with Crippen LogP contribution < -0.4 is 0 Å². The Morgan fingerprint density at radius 2 is 1.89 bits per heavy atom. The zero-order valence-corrected chi connectivity index (χ0v) is 9.79. The number of carbonyl (C=O) groups excluding carboxylic acids is 1. The molecular weight excluding hydrogens is 240 g/mol. The summed E-state index contributed by atoms with van der Waals surface area (Å²) < 4.78 is 31.2. The van der Waals surface area contributed by atoms with Gasteiger partial charge < -0.3 is 9.64 Å². The third-order valence-electron chi connectivity index (χ3n) is 3.68. The summed E-state index contributed by atoms with van der Waals surface area (Å²) >= 11 is 0. The molecule has 0 saturated carbocycles. The van der Waals surface area contributed by atoms with Crippen molar-refractivity contribution in [3.63, 3.8) is 0 Å². The van der Waals surface area contributed by atoms with Crippen molar-refractivity contribution in [2.45, 2.75) is 18.4 Å². The van der Waals surface area contributed by atoms with Crippen molar-refractivity contribution in [2.75, 3.05) is 19.7 Å². The molecule has 3 rings (SSSR count). The van der Waals surface area contributed by atoms with Crippen LogP contribution in [0, 0.1) is 11.6 Å². The fourth-order valence-electron chi connectivity index (χ4n) is 2.32. The topological polar surface area (TPSA) is 32.8 Å². The molecule has 5 heteroatoms. The molecule has 0 radical (unpaired) electrons. The van der Waals surface area contributed by atoms with Crippen LogP contribution >= 0.6 is 0 Å². The van der Waals surface area contributed by atoms with Crippen LogP contribution in [0.15, 0.2) is 18.2 Å². The first-order valence-corrected chi connectivity index (χ1v) is 5.98. The first-order chi connectivity index (χ1) is 8.60. The summed E-state index contributed by atoms with van der Waals surface area (Å²) in [6, 6.07) is 3.26. The molecule has 96 valence electrons. The van der Waals surface area contributed by atoms with Crippen molar-refractivity contribution in [1.82, 2.24) is 4.90 Å². The zero-order valence-electron chi connectivity index (χ0n) is 9.79. The highest BCUT2D eigenvalue weighted by Crippen LogP contribution is 2.37. The Morgan fingerprint density at radius 3 is 2.44 bits per heavy atom. The van der Waals surface area contributed by atoms with Gasteiger partial charge in [0.2, 0.25) is 0 Å². The van der Waals surface area contributed by atoms with Gasteiger partial charge in [0, 0.05) is 18.7 Å². The summed E-state index contributed by atoms with van der Waals surface area (Å²) in [4.78, 5) is 13.8. The Labute approximate surface area is 103 Å². The van der Waals surface area contributed by atoms with E-state index in [-0.39, 0.29) is 17.1 Å². The average Bonchev–Trinajstić information content (AvgIpc) is 3.12. The molecule has 0 atom stereocenters. The number of hydrogen-bond acceptors (Lipinski definition) is 2. The highest BCUT2D eigenvalue weighted by Gasteiger charge is 2.47. The monoisotopic (exact) mass is 253 g/mol. The molecule has 2 fully saturated rings. The fourth-order valence-corrected chi connectivity index (χ4v) is 2.32. The van der Waals surface area contributed by atoms with Crippen LogP contribution in [-0.2, 0) is 4.74 Å². The van der Waals surface area contributed by atoms with Crippen LogP contribution in [0.3, 0.4) is 0 Å². The Kier molecular flexibility index (Phi) is 2.59. The average molecular weight is 253 g/mol. The maximum atomic E-state index is 13.1. The molecule has 2 heterocycles. The number of hydrogen-bond donors (Lipinski definition) is 0. The normalized spacial score (nSPS) is 21.1. The quantitative estimate of drug-likeness (QED) is 0.717. The van der Waals surface area contributed by atoms with Crippen LogP contribution in [0.4, 0.5) is 8.78 Å². The number of ether oxygens (including phenoxy) is 1. The van der Waals surface area contributed by atoms with Gasteiger partial charge in [0.15, 0.2) is 11.6 Å². The molecular formula is C13H13F2NO2. The van der Waals surface area contributed by atoms with Gasteiger partial charge in [-0.25, -0.2) is 8.78 Å². The standard InChI is InChI=1S/C13H13F2NO2/c14-10-2-1-9(7-11(10)15)12(17)16-5-3-13(4-6-16)8-18-13/h1-2,7H,3-6,8H2. The van der Waals surface area contributed by atoms with Crippen molar-refractivity contribution in [2.24, 2.45) is 0 Å². The molecule has 1 aromatic carbocycles. The third-order valence-corrected chi connectivity index (χ3v) is 3.68. The first-order valence-electron chi connectivity index (χ1n) is 5.98. The number of epoxide rings is 1. The van der Waals surface area contributed by atoms with Crippen LogP contribution in [0.25, 0.3) is 0 Å². The van der Waals surface area contributed by atoms with Crippen LogP contribution in [0.1, 0.15) is 23.2 Å². The fraction of sp³-hybridized carbons (Fsp3) is 0.462. The van der Waals surface area contributed by atoms with E-state index in [0.717, 1.165) is 31.6 Å². The minimum absolute atomic E-state index is 0.00479. The smallest absolute Gasteiger partial charge is 0.253 e. The predicted octanol–water partition coefficient (Wildman–Crippen LogP) is 1.97. The van der Waals surface area contributed by atoms with E-state index in [4.69, 9.17) is 4.74 Å². The lowest BCUT2D eigenvalue weighted by molar-refractivity contribution is 0.0662. The molecule has 2 aliphatic rings. The molecule has 0 N–H and O–H groups in total. The molecule has 1 aromatic rings. The number of piperidine rings is 1. The SMILES string of the molecule is O=C(c1ccc(F)c(F)c1)N1CCC2(CC1)CO2. The van der Waals surface area contributed by atoms with E-state index in [0.29, 0.717) is 13.1 Å². The van der Waals surface area contributed by atoms with Gasteiger partial charge in [0.1, 0.15) is 0 Å². The second-order valence-corrected chi connectivity index (χ2v) is 4.89. The summed E-state index contributed by atoms with van der Waals surface area (Å²) in [5, 5.41) is 0. The molecule has 2 aliphatic heterocycles. The van der Waals surface area contributed by atoms with E-state index in [1.54, 1.807) is 4.90 Å². The number of amides is 1. The molecule has 18 heavy (non-hydrogen) atoms. The number of nitrogens with zero attached hydrogens (tertiary/aromatic N) is 1. The maximum Gasteiger partial charge on any atom is 0.253 e. The molecule has 1 amide bonds. The van der Waals surface area contributed by atoms with E-state index in [1.807, 2.05) is 0 Å². The zero-order chi connectivity index (χ0) is 12.8. The Morgan fingerprint density at radius 1 is 1.22 bits per heavy atom. The molecule has 1 spiro atoms. The number of rotatable bonds is 1. The van der Waals surface area contributed by atoms with Crippen molar-refractivity contribution >= 4 is 5.91 Å². The Balaban J connectivity index is 1.72. The molecule has 0 aliphatic carbocycles. The summed E-state index contributed by atoms with van der Waals surface area (Å²) in [6.45, 7) is 2.00. The third kappa shape index (κ3) is 1.99. The summed E-state index contributed by atoms with van der Waals surface area (Å²) in [5.74, 6) is -2.17. The molecule has 2 saturated heterocycles. The van der Waals surface area contributed by atoms with E-state index < -0.39 is 11.6 Å². The van der Waals surface area contributed by atoms with Gasteiger partial charge >= 0.3 is 0 Å². The number of benzene rings is 1. The van der Waals surface area contributed by atoms with Crippen molar-refractivity contribution in [3.05, 3.63) is 35.4 Å². The van der Waals surface area contributed by atoms with Gasteiger partial charge in [-0.3, -0.25) is 4.79 Å². The Bertz CT molecular complexity index is 490.